The number of imidazole rings is 1. The van der Waals surface area contributed by atoms with Crippen molar-refractivity contribution in [3.8, 4) is 5.75 Å². The molecular formula is C22H23N5O5. The van der Waals surface area contributed by atoms with Crippen molar-refractivity contribution in [3.05, 3.63) is 70.7 Å². The van der Waals surface area contributed by atoms with E-state index in [-0.39, 0.29) is 11.5 Å². The Balaban J connectivity index is 1.71. The van der Waals surface area contributed by atoms with Crippen LogP contribution in [-0.4, -0.2) is 39.6 Å². The van der Waals surface area contributed by atoms with Crippen LogP contribution in [0, 0.1) is 13.8 Å². The van der Waals surface area contributed by atoms with Gasteiger partial charge in [0.25, 0.3) is 5.91 Å². The zero-order valence-corrected chi connectivity index (χ0v) is 17.6. The summed E-state index contributed by atoms with van der Waals surface area (Å²) >= 11 is 0. The van der Waals surface area contributed by atoms with Crippen molar-refractivity contribution >= 4 is 29.4 Å². The minimum Gasteiger partial charge on any atom is -0.482 e. The fraction of sp³-hybridized carbons (Fsp3) is 0.182. The highest BCUT2D eigenvalue weighted by Crippen LogP contribution is 2.20. The molecule has 0 saturated carbocycles. The van der Waals surface area contributed by atoms with E-state index in [0.29, 0.717) is 23.7 Å². The number of urea groups is 1. The van der Waals surface area contributed by atoms with Gasteiger partial charge >= 0.3 is 12.0 Å². The second-order valence-corrected chi connectivity index (χ2v) is 7.10. The molecule has 32 heavy (non-hydrogen) atoms. The van der Waals surface area contributed by atoms with Crippen LogP contribution in [0.2, 0.25) is 0 Å². The summed E-state index contributed by atoms with van der Waals surface area (Å²) in [6, 6.07) is 11.7. The predicted molar refractivity (Wildman–Crippen MR) is 118 cm³/mol. The second-order valence-electron chi connectivity index (χ2n) is 7.10. The molecule has 0 spiro atoms. The molecule has 6 N–H and O–H groups in total. The number of rotatable bonds is 8. The number of primary amides is 1. The molecule has 0 saturated heterocycles. The maximum atomic E-state index is 12.5. The molecule has 0 fully saturated rings. The molecular weight excluding hydrogens is 414 g/mol. The molecule has 0 aliphatic heterocycles. The summed E-state index contributed by atoms with van der Waals surface area (Å²) < 4.78 is 5.10. The van der Waals surface area contributed by atoms with E-state index in [2.05, 4.69) is 20.6 Å². The van der Waals surface area contributed by atoms with Gasteiger partial charge in [0.15, 0.2) is 12.3 Å². The number of benzene rings is 2. The average Bonchev–Trinajstić information content (AvgIpc) is 3.13. The number of aryl methyl sites for hydroxylation is 1. The zero-order chi connectivity index (χ0) is 23.3. The number of anilines is 2. The number of nitrogens with two attached hydrogens (primary N) is 1. The number of carboxylic acid groups (broad SMARTS) is 1. The van der Waals surface area contributed by atoms with E-state index in [1.807, 2.05) is 26.0 Å². The lowest BCUT2D eigenvalue weighted by atomic mass is 10.1. The minimum atomic E-state index is -1.06. The van der Waals surface area contributed by atoms with E-state index in [1.54, 1.807) is 30.3 Å². The van der Waals surface area contributed by atoms with Gasteiger partial charge in [-0.25, -0.2) is 14.6 Å². The van der Waals surface area contributed by atoms with Crippen LogP contribution in [0.3, 0.4) is 0 Å². The van der Waals surface area contributed by atoms with Crippen molar-refractivity contribution in [1.82, 2.24) is 9.97 Å². The third-order valence-electron chi connectivity index (χ3n) is 4.73. The SMILES string of the molecule is Cc1cccc(NC(=O)Nc2[nH]c(Cc3ccc(OCC(=O)O)cc3)nc2C(N)=O)c1C. The highest BCUT2D eigenvalue weighted by molar-refractivity contribution is 6.04. The van der Waals surface area contributed by atoms with Gasteiger partial charge in [-0.3, -0.25) is 10.1 Å². The number of hydrogen-bond acceptors (Lipinski definition) is 5. The molecule has 0 bridgehead atoms. The summed E-state index contributed by atoms with van der Waals surface area (Å²) in [7, 11) is 0. The number of carbonyl (C=O) groups excluding carboxylic acids is 2. The van der Waals surface area contributed by atoms with E-state index in [0.717, 1.165) is 16.7 Å². The maximum absolute atomic E-state index is 12.5. The van der Waals surface area contributed by atoms with Crippen LogP contribution < -0.4 is 21.1 Å². The van der Waals surface area contributed by atoms with Crippen LogP contribution in [-0.2, 0) is 11.2 Å². The molecule has 10 heteroatoms. The summed E-state index contributed by atoms with van der Waals surface area (Å²) in [6.07, 6.45) is 0.319. The van der Waals surface area contributed by atoms with Gasteiger partial charge in [0.2, 0.25) is 0 Å². The number of aromatic amines is 1. The smallest absolute Gasteiger partial charge is 0.341 e. The molecule has 0 atom stereocenters. The van der Waals surface area contributed by atoms with Gasteiger partial charge < -0.3 is 25.9 Å². The Bertz CT molecular complexity index is 1150. The normalized spacial score (nSPS) is 10.4. The minimum absolute atomic E-state index is 0.0856. The Labute approximate surface area is 183 Å². The van der Waals surface area contributed by atoms with Gasteiger partial charge in [0.05, 0.1) is 0 Å². The highest BCUT2D eigenvalue weighted by atomic mass is 16.5. The Morgan fingerprint density at radius 2 is 1.81 bits per heavy atom. The lowest BCUT2D eigenvalue weighted by Gasteiger charge is -2.11. The molecule has 3 aromatic rings. The summed E-state index contributed by atoms with van der Waals surface area (Å²) in [4.78, 5) is 41.9. The fourth-order valence-corrected chi connectivity index (χ4v) is 2.97. The third kappa shape index (κ3) is 5.63. The quantitative estimate of drug-likeness (QED) is 0.364. The largest absolute Gasteiger partial charge is 0.482 e. The van der Waals surface area contributed by atoms with Crippen molar-refractivity contribution in [2.75, 3.05) is 17.2 Å². The van der Waals surface area contributed by atoms with E-state index in [4.69, 9.17) is 15.6 Å². The van der Waals surface area contributed by atoms with Crippen LogP contribution in [0.4, 0.5) is 16.3 Å². The molecule has 0 aliphatic carbocycles. The zero-order valence-electron chi connectivity index (χ0n) is 17.6. The number of amides is 3. The third-order valence-corrected chi connectivity index (χ3v) is 4.73. The molecule has 3 amide bonds. The lowest BCUT2D eigenvalue weighted by Crippen LogP contribution is -2.23. The van der Waals surface area contributed by atoms with Crippen LogP contribution >= 0.6 is 0 Å². The number of nitrogens with zero attached hydrogens (tertiary/aromatic N) is 1. The number of hydrogen-bond donors (Lipinski definition) is 5. The van der Waals surface area contributed by atoms with Crippen LogP contribution in [0.25, 0.3) is 0 Å². The van der Waals surface area contributed by atoms with Crippen LogP contribution in [0.5, 0.6) is 5.75 Å². The number of ether oxygens (including phenoxy) is 1. The van der Waals surface area contributed by atoms with Crippen molar-refractivity contribution in [3.63, 3.8) is 0 Å². The first-order valence-electron chi connectivity index (χ1n) is 9.69. The highest BCUT2D eigenvalue weighted by Gasteiger charge is 2.18. The Morgan fingerprint density at radius 3 is 2.47 bits per heavy atom. The van der Waals surface area contributed by atoms with Gasteiger partial charge in [-0.2, -0.15) is 0 Å². The molecule has 166 valence electrons. The Hall–Kier alpha value is -4.34. The summed E-state index contributed by atoms with van der Waals surface area (Å²) in [6.45, 7) is 3.40. The summed E-state index contributed by atoms with van der Waals surface area (Å²) in [5.41, 5.74) is 8.76. The van der Waals surface area contributed by atoms with Crippen LogP contribution in [0.15, 0.2) is 42.5 Å². The Kier molecular flexibility index (Phi) is 6.74. The molecule has 0 aliphatic rings. The molecule has 10 nitrogen and oxygen atoms in total. The number of aromatic nitrogens is 2. The Morgan fingerprint density at radius 1 is 1.09 bits per heavy atom. The predicted octanol–water partition coefficient (Wildman–Crippen LogP) is 2.82. The van der Waals surface area contributed by atoms with Crippen molar-refractivity contribution in [1.29, 1.82) is 0 Å². The van der Waals surface area contributed by atoms with E-state index < -0.39 is 24.5 Å². The number of aliphatic carboxylic acids is 1. The molecule has 1 aromatic heterocycles. The van der Waals surface area contributed by atoms with Crippen molar-refractivity contribution < 1.29 is 24.2 Å². The number of nitrogens with one attached hydrogen (secondary N) is 3. The van der Waals surface area contributed by atoms with E-state index in [9.17, 15) is 14.4 Å². The molecule has 1 heterocycles. The molecule has 0 radical (unpaired) electrons. The van der Waals surface area contributed by atoms with Crippen molar-refractivity contribution in [2.45, 2.75) is 20.3 Å². The average molecular weight is 437 g/mol. The number of H-pyrrole nitrogens is 1. The van der Waals surface area contributed by atoms with Crippen molar-refractivity contribution in [2.24, 2.45) is 5.73 Å². The van der Waals surface area contributed by atoms with E-state index >= 15 is 0 Å². The molecule has 2 aromatic carbocycles. The summed E-state index contributed by atoms with van der Waals surface area (Å²) in [5, 5.41) is 14.0. The first kappa shape index (κ1) is 22.3. The van der Waals surface area contributed by atoms with Gasteiger partial charge in [0, 0.05) is 12.1 Å². The second kappa shape index (κ2) is 9.65. The summed E-state index contributed by atoms with van der Waals surface area (Å²) in [5.74, 6) is -0.923. The van der Waals surface area contributed by atoms with Crippen LogP contribution in [0.1, 0.15) is 33.0 Å². The fourth-order valence-electron chi connectivity index (χ4n) is 2.97. The molecule has 0 unspecified atom stereocenters. The topological polar surface area (TPSA) is 159 Å². The van der Waals surface area contributed by atoms with Gasteiger partial charge in [-0.1, -0.05) is 24.3 Å². The van der Waals surface area contributed by atoms with Gasteiger partial charge in [-0.05, 0) is 48.7 Å². The van der Waals surface area contributed by atoms with Gasteiger partial charge in [0.1, 0.15) is 17.4 Å². The van der Waals surface area contributed by atoms with E-state index in [1.165, 1.54) is 0 Å². The lowest BCUT2D eigenvalue weighted by molar-refractivity contribution is -0.139. The maximum Gasteiger partial charge on any atom is 0.341 e. The van der Waals surface area contributed by atoms with Gasteiger partial charge in [-0.15, -0.1) is 0 Å². The monoisotopic (exact) mass is 437 g/mol. The standard InChI is InChI=1S/C22H23N5O5/c1-12-4-3-5-16(13(12)2)24-22(31)27-21-19(20(23)30)25-17(26-21)10-14-6-8-15(9-7-14)32-11-18(28)29/h3-9H,10-11H2,1-2H3,(H2,23,30)(H,25,26)(H,28,29)(H2,24,27,31). The number of carbonyl (C=O) groups is 3. The molecule has 3 rings (SSSR count). The first-order chi connectivity index (χ1) is 15.2. The first-order valence-corrected chi connectivity index (χ1v) is 9.69. The number of carboxylic acids is 1.